The van der Waals surface area contributed by atoms with Gasteiger partial charge in [0.1, 0.15) is 0 Å². The molecule has 98 valence electrons. The van der Waals surface area contributed by atoms with Crippen molar-refractivity contribution in [1.29, 1.82) is 0 Å². The number of carbonyl (C=O) groups is 1. The third-order valence-electron chi connectivity index (χ3n) is 3.46. The van der Waals surface area contributed by atoms with Crippen LogP contribution in [0.5, 0.6) is 0 Å². The van der Waals surface area contributed by atoms with Gasteiger partial charge in [-0.1, -0.05) is 6.07 Å². The van der Waals surface area contributed by atoms with Gasteiger partial charge < -0.3 is 10.2 Å². The van der Waals surface area contributed by atoms with E-state index in [0.717, 1.165) is 24.9 Å². The van der Waals surface area contributed by atoms with E-state index in [1.54, 1.807) is 0 Å². The molecule has 1 aromatic carbocycles. The summed E-state index contributed by atoms with van der Waals surface area (Å²) in [5, 5.41) is 2.96. The molecule has 0 aromatic heterocycles. The smallest absolute Gasteiger partial charge is 0.251 e. The maximum Gasteiger partial charge on any atom is 0.251 e. The van der Waals surface area contributed by atoms with Crippen molar-refractivity contribution in [3.63, 3.8) is 0 Å². The zero-order valence-corrected chi connectivity index (χ0v) is 11.3. The molecule has 0 spiro atoms. The fourth-order valence-corrected chi connectivity index (χ4v) is 2.37. The van der Waals surface area contributed by atoms with E-state index >= 15 is 0 Å². The Bertz CT molecular complexity index is 427. The fraction of sp³-hybridized carbons (Fsp3) is 0.533. The van der Waals surface area contributed by atoms with Gasteiger partial charge in [0.25, 0.3) is 5.91 Å². The van der Waals surface area contributed by atoms with Crippen LogP contribution in [-0.4, -0.2) is 38.0 Å². The molecule has 18 heavy (non-hydrogen) atoms. The highest BCUT2D eigenvalue weighted by molar-refractivity contribution is 5.94. The van der Waals surface area contributed by atoms with E-state index in [0.29, 0.717) is 6.54 Å². The monoisotopic (exact) mass is 246 g/mol. The van der Waals surface area contributed by atoms with E-state index in [4.69, 9.17) is 0 Å². The van der Waals surface area contributed by atoms with E-state index in [-0.39, 0.29) is 5.91 Å². The van der Waals surface area contributed by atoms with Gasteiger partial charge in [0.05, 0.1) is 0 Å². The number of nitrogens with one attached hydrogen (secondary N) is 1. The molecule has 1 aliphatic carbocycles. The molecule has 0 aliphatic heterocycles. The first-order valence-corrected chi connectivity index (χ1v) is 6.71. The largest absolute Gasteiger partial charge is 0.351 e. The van der Waals surface area contributed by atoms with Crippen LogP contribution in [0.2, 0.25) is 0 Å². The average molecular weight is 246 g/mol. The minimum Gasteiger partial charge on any atom is -0.351 e. The van der Waals surface area contributed by atoms with Crippen LogP contribution in [0.3, 0.4) is 0 Å². The van der Waals surface area contributed by atoms with Gasteiger partial charge in [-0.3, -0.25) is 4.79 Å². The van der Waals surface area contributed by atoms with Gasteiger partial charge in [0, 0.05) is 18.7 Å². The Morgan fingerprint density at radius 3 is 2.67 bits per heavy atom. The molecule has 0 bridgehead atoms. The van der Waals surface area contributed by atoms with Crippen LogP contribution >= 0.6 is 0 Å². The van der Waals surface area contributed by atoms with Crippen molar-refractivity contribution in [2.75, 3.05) is 27.2 Å². The van der Waals surface area contributed by atoms with Gasteiger partial charge in [0.2, 0.25) is 0 Å². The van der Waals surface area contributed by atoms with Gasteiger partial charge in [0.15, 0.2) is 0 Å². The number of amides is 1. The van der Waals surface area contributed by atoms with Crippen molar-refractivity contribution in [2.24, 2.45) is 0 Å². The number of likely N-dealkylation sites (N-methyl/N-ethyl adjacent to an activating group) is 1. The van der Waals surface area contributed by atoms with E-state index in [2.05, 4.69) is 22.3 Å². The average Bonchev–Trinajstić information content (AvgIpc) is 2.37. The molecule has 0 atom stereocenters. The number of benzene rings is 1. The molecule has 1 amide bonds. The predicted octanol–water partition coefficient (Wildman–Crippen LogP) is 1.86. The second kappa shape index (κ2) is 6.01. The van der Waals surface area contributed by atoms with Crippen molar-refractivity contribution >= 4 is 5.91 Å². The van der Waals surface area contributed by atoms with Gasteiger partial charge >= 0.3 is 0 Å². The summed E-state index contributed by atoms with van der Waals surface area (Å²) in [5.41, 5.74) is 3.59. The van der Waals surface area contributed by atoms with Crippen molar-refractivity contribution in [2.45, 2.75) is 25.7 Å². The summed E-state index contributed by atoms with van der Waals surface area (Å²) < 4.78 is 0. The zero-order valence-electron chi connectivity index (χ0n) is 11.3. The number of rotatable bonds is 4. The second-order valence-corrected chi connectivity index (χ2v) is 5.25. The minimum absolute atomic E-state index is 0.0465. The number of nitrogens with zero attached hydrogens (tertiary/aromatic N) is 1. The lowest BCUT2D eigenvalue weighted by Gasteiger charge is -2.16. The highest BCUT2D eigenvalue weighted by atomic mass is 16.1. The number of hydrogen-bond acceptors (Lipinski definition) is 2. The third kappa shape index (κ3) is 3.33. The molecule has 0 saturated heterocycles. The molecule has 1 aromatic rings. The first-order valence-electron chi connectivity index (χ1n) is 6.71. The molecule has 0 radical (unpaired) electrons. The topological polar surface area (TPSA) is 32.3 Å². The predicted molar refractivity (Wildman–Crippen MR) is 74.0 cm³/mol. The quantitative estimate of drug-likeness (QED) is 0.879. The summed E-state index contributed by atoms with van der Waals surface area (Å²) in [6.45, 7) is 1.57. The van der Waals surface area contributed by atoms with Crippen molar-refractivity contribution < 1.29 is 4.79 Å². The lowest BCUT2D eigenvalue weighted by Crippen LogP contribution is -2.31. The first kappa shape index (κ1) is 13.1. The number of fused-ring (bicyclic) bond motifs is 1. The molecular weight excluding hydrogens is 224 g/mol. The zero-order chi connectivity index (χ0) is 13.0. The highest BCUT2D eigenvalue weighted by Gasteiger charge is 2.12. The van der Waals surface area contributed by atoms with Crippen LogP contribution in [0.4, 0.5) is 0 Å². The Kier molecular flexibility index (Phi) is 4.37. The highest BCUT2D eigenvalue weighted by Crippen LogP contribution is 2.22. The fourth-order valence-electron chi connectivity index (χ4n) is 2.37. The number of hydrogen-bond donors (Lipinski definition) is 1. The van der Waals surface area contributed by atoms with E-state index in [1.807, 2.05) is 20.2 Å². The summed E-state index contributed by atoms with van der Waals surface area (Å²) >= 11 is 0. The standard InChI is InChI=1S/C15H22N2O/c1-17(2)10-9-16-15(18)14-8-7-12-5-3-4-6-13(12)11-14/h7-8,11H,3-6,9-10H2,1-2H3,(H,16,18). The van der Waals surface area contributed by atoms with E-state index in [1.165, 1.54) is 24.0 Å². The molecule has 0 fully saturated rings. The Morgan fingerprint density at radius 1 is 1.22 bits per heavy atom. The van der Waals surface area contributed by atoms with Crippen LogP contribution in [0.1, 0.15) is 34.3 Å². The van der Waals surface area contributed by atoms with Gasteiger partial charge in [-0.25, -0.2) is 0 Å². The Morgan fingerprint density at radius 2 is 1.94 bits per heavy atom. The van der Waals surface area contributed by atoms with Crippen molar-refractivity contribution in [1.82, 2.24) is 10.2 Å². The summed E-state index contributed by atoms with van der Waals surface area (Å²) in [5.74, 6) is 0.0465. The molecule has 0 saturated carbocycles. The molecule has 3 nitrogen and oxygen atoms in total. The molecule has 1 aliphatic rings. The maximum absolute atomic E-state index is 12.0. The van der Waals surface area contributed by atoms with Crippen LogP contribution in [0.25, 0.3) is 0 Å². The lowest BCUT2D eigenvalue weighted by atomic mass is 9.90. The van der Waals surface area contributed by atoms with Crippen LogP contribution in [0, 0.1) is 0 Å². The summed E-state index contributed by atoms with van der Waals surface area (Å²) in [4.78, 5) is 14.0. The Labute approximate surface area is 109 Å². The van der Waals surface area contributed by atoms with E-state index < -0.39 is 0 Å². The van der Waals surface area contributed by atoms with Crippen LogP contribution in [-0.2, 0) is 12.8 Å². The Hall–Kier alpha value is -1.35. The summed E-state index contributed by atoms with van der Waals surface area (Å²) in [6.07, 6.45) is 4.81. The SMILES string of the molecule is CN(C)CCNC(=O)c1ccc2c(c1)CCCC2. The molecule has 3 heteroatoms. The molecule has 0 heterocycles. The third-order valence-corrected chi connectivity index (χ3v) is 3.46. The minimum atomic E-state index is 0.0465. The molecule has 0 unspecified atom stereocenters. The van der Waals surface area contributed by atoms with Crippen molar-refractivity contribution in [3.05, 3.63) is 34.9 Å². The number of carbonyl (C=O) groups excluding carboxylic acids is 1. The Balaban J connectivity index is 1.98. The van der Waals surface area contributed by atoms with Crippen LogP contribution < -0.4 is 5.32 Å². The second-order valence-electron chi connectivity index (χ2n) is 5.25. The first-order chi connectivity index (χ1) is 8.66. The maximum atomic E-state index is 12.0. The summed E-state index contributed by atoms with van der Waals surface area (Å²) in [7, 11) is 4.01. The van der Waals surface area contributed by atoms with Gasteiger partial charge in [-0.2, -0.15) is 0 Å². The lowest BCUT2D eigenvalue weighted by molar-refractivity contribution is 0.0951. The van der Waals surface area contributed by atoms with Crippen LogP contribution in [0.15, 0.2) is 18.2 Å². The van der Waals surface area contributed by atoms with Gasteiger partial charge in [-0.05, 0) is 63.0 Å². The van der Waals surface area contributed by atoms with Crippen molar-refractivity contribution in [3.8, 4) is 0 Å². The van der Waals surface area contributed by atoms with E-state index in [9.17, 15) is 4.79 Å². The number of aryl methyl sites for hydroxylation is 2. The van der Waals surface area contributed by atoms with Gasteiger partial charge in [-0.15, -0.1) is 0 Å². The molecule has 1 N–H and O–H groups in total. The molecular formula is C15H22N2O. The molecule has 2 rings (SSSR count). The normalized spacial score (nSPS) is 14.4. The summed E-state index contributed by atoms with van der Waals surface area (Å²) in [6, 6.07) is 6.14.